The van der Waals surface area contributed by atoms with E-state index in [4.69, 9.17) is 0 Å². The molecule has 110 valence electrons. The van der Waals surface area contributed by atoms with Gasteiger partial charge in [-0.3, -0.25) is 0 Å². The van der Waals surface area contributed by atoms with E-state index in [9.17, 15) is 0 Å². The molecule has 0 spiro atoms. The number of benzene rings is 1. The number of halogens is 1. The standard InChI is InChI=1S/C17H25BrN2/c1-19-10-14-5-6-16(18)9-17(14)20(2)11-15-8-12-3-4-13(15)7-12/h5-6,9,12-13,15,19H,3-4,7-8,10-11H2,1-2H3. The van der Waals surface area contributed by atoms with Gasteiger partial charge in [-0.1, -0.05) is 28.4 Å². The molecule has 0 amide bonds. The first kappa shape index (κ1) is 14.4. The molecule has 2 fully saturated rings. The van der Waals surface area contributed by atoms with Gasteiger partial charge < -0.3 is 10.2 Å². The second kappa shape index (κ2) is 6.07. The van der Waals surface area contributed by atoms with E-state index in [0.717, 1.165) is 24.3 Å². The number of hydrogen-bond donors (Lipinski definition) is 1. The van der Waals surface area contributed by atoms with Crippen LogP contribution in [0.1, 0.15) is 31.2 Å². The van der Waals surface area contributed by atoms with Crippen molar-refractivity contribution in [1.29, 1.82) is 0 Å². The second-order valence-corrected chi connectivity index (χ2v) is 7.53. The molecule has 2 nitrogen and oxygen atoms in total. The summed E-state index contributed by atoms with van der Waals surface area (Å²) < 4.78 is 1.17. The van der Waals surface area contributed by atoms with Crippen molar-refractivity contribution < 1.29 is 0 Å². The van der Waals surface area contributed by atoms with Gasteiger partial charge in [-0.15, -0.1) is 0 Å². The average Bonchev–Trinajstić information content (AvgIpc) is 3.03. The summed E-state index contributed by atoms with van der Waals surface area (Å²) in [6.07, 6.45) is 5.93. The van der Waals surface area contributed by atoms with Gasteiger partial charge in [-0.2, -0.15) is 0 Å². The van der Waals surface area contributed by atoms with Crippen LogP contribution in [-0.4, -0.2) is 20.6 Å². The number of nitrogens with one attached hydrogen (secondary N) is 1. The fourth-order valence-corrected chi connectivity index (χ4v) is 4.63. The van der Waals surface area contributed by atoms with Gasteiger partial charge in [0.15, 0.2) is 0 Å². The van der Waals surface area contributed by atoms with Gasteiger partial charge in [0.2, 0.25) is 0 Å². The number of anilines is 1. The van der Waals surface area contributed by atoms with Crippen LogP contribution in [0.25, 0.3) is 0 Å². The molecule has 1 N–H and O–H groups in total. The molecule has 2 bridgehead atoms. The Kier molecular flexibility index (Phi) is 4.37. The maximum atomic E-state index is 3.61. The average molecular weight is 337 g/mol. The zero-order valence-electron chi connectivity index (χ0n) is 12.5. The van der Waals surface area contributed by atoms with Crippen molar-refractivity contribution in [3.05, 3.63) is 28.2 Å². The minimum atomic E-state index is 0.917. The summed E-state index contributed by atoms with van der Waals surface area (Å²) in [6, 6.07) is 6.63. The Hall–Kier alpha value is -0.540. The first-order valence-corrected chi connectivity index (χ1v) is 8.61. The van der Waals surface area contributed by atoms with Crippen LogP contribution < -0.4 is 10.2 Å². The molecular weight excluding hydrogens is 312 g/mol. The highest BCUT2D eigenvalue weighted by atomic mass is 79.9. The lowest BCUT2D eigenvalue weighted by Crippen LogP contribution is -2.29. The van der Waals surface area contributed by atoms with Crippen molar-refractivity contribution >= 4 is 21.6 Å². The Bertz CT molecular complexity index is 474. The van der Waals surface area contributed by atoms with Crippen molar-refractivity contribution in [2.45, 2.75) is 32.2 Å². The van der Waals surface area contributed by atoms with E-state index in [0.29, 0.717) is 0 Å². The van der Waals surface area contributed by atoms with E-state index in [1.54, 1.807) is 0 Å². The molecule has 1 aromatic rings. The number of nitrogens with zero attached hydrogens (tertiary/aromatic N) is 1. The smallest absolute Gasteiger partial charge is 0.0420 e. The molecule has 0 saturated heterocycles. The molecule has 20 heavy (non-hydrogen) atoms. The van der Waals surface area contributed by atoms with Gasteiger partial charge in [0, 0.05) is 30.3 Å². The van der Waals surface area contributed by atoms with Gasteiger partial charge in [0.25, 0.3) is 0 Å². The predicted octanol–water partition coefficient (Wildman–Crippen LogP) is 4.04. The highest BCUT2D eigenvalue weighted by Crippen LogP contribution is 2.48. The molecule has 2 aliphatic rings. The number of rotatable bonds is 5. The molecule has 3 atom stereocenters. The monoisotopic (exact) mass is 336 g/mol. The normalized spacial score (nSPS) is 28.1. The maximum Gasteiger partial charge on any atom is 0.0420 e. The molecule has 0 aromatic heterocycles. The van der Waals surface area contributed by atoms with E-state index in [2.05, 4.69) is 51.4 Å². The van der Waals surface area contributed by atoms with Crippen LogP contribution in [-0.2, 0) is 6.54 Å². The Morgan fingerprint density at radius 2 is 2.15 bits per heavy atom. The largest absolute Gasteiger partial charge is 0.374 e. The van der Waals surface area contributed by atoms with Crippen molar-refractivity contribution in [3.8, 4) is 0 Å². The Morgan fingerprint density at radius 3 is 2.80 bits per heavy atom. The molecule has 3 rings (SSSR count). The lowest BCUT2D eigenvalue weighted by molar-refractivity contribution is 0.337. The Balaban J connectivity index is 1.72. The van der Waals surface area contributed by atoms with Crippen LogP contribution in [0.4, 0.5) is 5.69 Å². The molecule has 0 aliphatic heterocycles. The third kappa shape index (κ3) is 2.89. The second-order valence-electron chi connectivity index (χ2n) is 6.62. The van der Waals surface area contributed by atoms with Crippen molar-refractivity contribution in [2.75, 3.05) is 25.5 Å². The van der Waals surface area contributed by atoms with Gasteiger partial charge in [-0.25, -0.2) is 0 Å². The summed E-state index contributed by atoms with van der Waals surface area (Å²) in [5, 5.41) is 3.28. The van der Waals surface area contributed by atoms with Gasteiger partial charge in [0.05, 0.1) is 0 Å². The summed E-state index contributed by atoms with van der Waals surface area (Å²) in [7, 11) is 4.27. The fourth-order valence-electron chi connectivity index (χ4n) is 4.28. The highest BCUT2D eigenvalue weighted by molar-refractivity contribution is 9.10. The van der Waals surface area contributed by atoms with Crippen LogP contribution in [0.15, 0.2) is 22.7 Å². The molecule has 0 heterocycles. The van der Waals surface area contributed by atoms with Crippen molar-refractivity contribution in [1.82, 2.24) is 5.32 Å². The van der Waals surface area contributed by atoms with Crippen LogP contribution in [0.2, 0.25) is 0 Å². The lowest BCUT2D eigenvalue weighted by Gasteiger charge is -2.30. The first-order valence-electron chi connectivity index (χ1n) is 7.81. The van der Waals surface area contributed by atoms with Gasteiger partial charge in [0.1, 0.15) is 0 Å². The van der Waals surface area contributed by atoms with Crippen molar-refractivity contribution in [2.24, 2.45) is 17.8 Å². The zero-order chi connectivity index (χ0) is 14.1. The van der Waals surface area contributed by atoms with E-state index < -0.39 is 0 Å². The third-order valence-electron chi connectivity index (χ3n) is 5.22. The summed E-state index contributed by atoms with van der Waals surface area (Å²) >= 11 is 3.61. The summed E-state index contributed by atoms with van der Waals surface area (Å²) in [5.41, 5.74) is 2.76. The predicted molar refractivity (Wildman–Crippen MR) is 89.1 cm³/mol. The quantitative estimate of drug-likeness (QED) is 0.872. The minimum Gasteiger partial charge on any atom is -0.374 e. The van der Waals surface area contributed by atoms with Gasteiger partial charge in [-0.05, 0) is 61.8 Å². The topological polar surface area (TPSA) is 15.3 Å². The van der Waals surface area contributed by atoms with E-state index >= 15 is 0 Å². The zero-order valence-corrected chi connectivity index (χ0v) is 14.1. The van der Waals surface area contributed by atoms with E-state index in [1.807, 2.05) is 7.05 Å². The molecule has 2 aliphatic carbocycles. The van der Waals surface area contributed by atoms with Gasteiger partial charge >= 0.3 is 0 Å². The Labute approximate surface area is 131 Å². The molecule has 3 heteroatoms. The maximum absolute atomic E-state index is 3.61. The van der Waals surface area contributed by atoms with E-state index in [-0.39, 0.29) is 0 Å². The summed E-state index contributed by atoms with van der Waals surface area (Å²) in [5.74, 6) is 2.96. The van der Waals surface area contributed by atoms with Crippen LogP contribution >= 0.6 is 15.9 Å². The van der Waals surface area contributed by atoms with E-state index in [1.165, 1.54) is 48.0 Å². The SMILES string of the molecule is CNCc1ccc(Br)cc1N(C)CC1CC2CCC1C2. The lowest BCUT2D eigenvalue weighted by atomic mass is 9.88. The number of fused-ring (bicyclic) bond motifs is 2. The third-order valence-corrected chi connectivity index (χ3v) is 5.71. The fraction of sp³-hybridized carbons (Fsp3) is 0.647. The van der Waals surface area contributed by atoms with Crippen LogP contribution in [0.5, 0.6) is 0 Å². The Morgan fingerprint density at radius 1 is 1.30 bits per heavy atom. The van der Waals surface area contributed by atoms with Crippen LogP contribution in [0, 0.1) is 17.8 Å². The molecule has 2 saturated carbocycles. The first-order chi connectivity index (χ1) is 9.67. The number of hydrogen-bond acceptors (Lipinski definition) is 2. The van der Waals surface area contributed by atoms with Crippen molar-refractivity contribution in [3.63, 3.8) is 0 Å². The molecule has 0 radical (unpaired) electrons. The van der Waals surface area contributed by atoms with Crippen LogP contribution in [0.3, 0.4) is 0 Å². The summed E-state index contributed by atoms with van der Waals surface area (Å²) in [4.78, 5) is 2.48. The summed E-state index contributed by atoms with van der Waals surface area (Å²) in [6.45, 7) is 2.15. The minimum absolute atomic E-state index is 0.917. The molecule has 1 aromatic carbocycles. The molecular formula is C17H25BrN2. The highest BCUT2D eigenvalue weighted by Gasteiger charge is 2.39. The molecule has 3 unspecified atom stereocenters.